The average Bonchev–Trinajstić information content (AvgIpc) is 3.10. The normalized spacial score (nSPS) is 10.5. The van der Waals surface area contributed by atoms with Gasteiger partial charge in [0.2, 0.25) is 5.89 Å². The first-order valence-electron chi connectivity index (χ1n) is 6.90. The Hall–Kier alpha value is -3.94. The van der Waals surface area contributed by atoms with E-state index in [0.29, 0.717) is 29.5 Å². The predicted octanol–water partition coefficient (Wildman–Crippen LogP) is 3.01. The molecule has 0 N–H and O–H groups in total. The number of aromatic nitrogens is 3. The standard InChI is InChI=1S/C13H6N6O7S/c20-17(21)8-4-9(18(22)23)11(10(5-8)19(24)25)27-13-16-15-12(26-13)7-2-1-3-14-6-7/h1-6H. The van der Waals surface area contributed by atoms with Crippen molar-refractivity contribution < 1.29 is 19.2 Å². The van der Waals surface area contributed by atoms with E-state index in [-0.39, 0.29) is 11.1 Å². The number of pyridine rings is 1. The van der Waals surface area contributed by atoms with Crippen LogP contribution in [-0.2, 0) is 0 Å². The molecule has 0 amide bonds. The zero-order valence-electron chi connectivity index (χ0n) is 12.9. The number of hydrogen-bond acceptors (Lipinski definition) is 11. The molecule has 2 heterocycles. The van der Waals surface area contributed by atoms with E-state index in [1.54, 1.807) is 12.1 Å². The summed E-state index contributed by atoms with van der Waals surface area (Å²) in [5, 5.41) is 40.6. The van der Waals surface area contributed by atoms with Gasteiger partial charge in [-0.15, -0.1) is 10.2 Å². The summed E-state index contributed by atoms with van der Waals surface area (Å²) in [4.78, 5) is 34.0. The van der Waals surface area contributed by atoms with Gasteiger partial charge in [0, 0.05) is 12.4 Å². The van der Waals surface area contributed by atoms with Gasteiger partial charge in [0.05, 0.1) is 32.5 Å². The van der Waals surface area contributed by atoms with Crippen LogP contribution in [-0.4, -0.2) is 30.0 Å². The second kappa shape index (κ2) is 7.12. The van der Waals surface area contributed by atoms with Crippen molar-refractivity contribution in [2.24, 2.45) is 0 Å². The molecule has 0 aliphatic rings. The molecule has 0 saturated carbocycles. The smallest absolute Gasteiger partial charge is 0.297 e. The summed E-state index contributed by atoms with van der Waals surface area (Å²) >= 11 is 0.467. The average molecular weight is 390 g/mol. The van der Waals surface area contributed by atoms with Crippen LogP contribution in [0.1, 0.15) is 0 Å². The van der Waals surface area contributed by atoms with Gasteiger partial charge in [-0.1, -0.05) is 0 Å². The van der Waals surface area contributed by atoms with E-state index in [1.165, 1.54) is 12.4 Å². The fraction of sp³-hybridized carbons (Fsp3) is 0. The zero-order valence-corrected chi connectivity index (χ0v) is 13.7. The van der Waals surface area contributed by atoms with E-state index >= 15 is 0 Å². The van der Waals surface area contributed by atoms with Crippen LogP contribution in [0.4, 0.5) is 17.1 Å². The van der Waals surface area contributed by atoms with Crippen molar-refractivity contribution in [1.82, 2.24) is 15.2 Å². The van der Waals surface area contributed by atoms with Crippen molar-refractivity contribution >= 4 is 28.8 Å². The first kappa shape index (κ1) is 17.9. The lowest BCUT2D eigenvalue weighted by Gasteiger charge is -2.02. The quantitative estimate of drug-likeness (QED) is 0.445. The second-order valence-corrected chi connectivity index (χ2v) is 5.76. The second-order valence-electron chi connectivity index (χ2n) is 4.80. The van der Waals surface area contributed by atoms with Crippen molar-refractivity contribution in [3.63, 3.8) is 0 Å². The third kappa shape index (κ3) is 3.69. The highest BCUT2D eigenvalue weighted by Gasteiger charge is 2.32. The summed E-state index contributed by atoms with van der Waals surface area (Å²) in [5.74, 6) is 0.0535. The monoisotopic (exact) mass is 390 g/mol. The van der Waals surface area contributed by atoms with Crippen LogP contribution in [0.2, 0.25) is 0 Å². The number of rotatable bonds is 6. The summed E-state index contributed by atoms with van der Waals surface area (Å²) in [7, 11) is 0. The highest BCUT2D eigenvalue weighted by molar-refractivity contribution is 7.99. The third-order valence-corrected chi connectivity index (χ3v) is 4.11. The molecule has 14 heteroatoms. The van der Waals surface area contributed by atoms with E-state index in [1.807, 2.05) is 0 Å². The van der Waals surface area contributed by atoms with Crippen LogP contribution in [0, 0.1) is 30.3 Å². The molecule has 0 saturated heterocycles. The molecule has 0 spiro atoms. The molecular weight excluding hydrogens is 384 g/mol. The Morgan fingerprint density at radius 1 is 0.963 bits per heavy atom. The minimum Gasteiger partial charge on any atom is -0.411 e. The molecule has 0 unspecified atom stereocenters. The van der Waals surface area contributed by atoms with Gasteiger partial charge in [0.15, 0.2) is 4.90 Å². The molecule has 0 aliphatic heterocycles. The van der Waals surface area contributed by atoms with Gasteiger partial charge in [0.25, 0.3) is 22.3 Å². The zero-order chi connectivity index (χ0) is 19.6. The molecule has 0 radical (unpaired) electrons. The molecule has 0 aliphatic carbocycles. The van der Waals surface area contributed by atoms with Crippen molar-refractivity contribution in [3.05, 3.63) is 67.0 Å². The van der Waals surface area contributed by atoms with Crippen LogP contribution in [0.15, 0.2) is 51.2 Å². The SMILES string of the molecule is O=[N+]([O-])c1cc([N+](=O)[O-])c(Sc2nnc(-c3cccnc3)o2)c([N+](=O)[O-])c1. The maximum Gasteiger partial charge on any atom is 0.297 e. The van der Waals surface area contributed by atoms with Gasteiger partial charge in [-0.25, -0.2) is 0 Å². The summed E-state index contributed by atoms with van der Waals surface area (Å²) < 4.78 is 5.34. The highest BCUT2D eigenvalue weighted by Crippen LogP contribution is 2.43. The molecule has 136 valence electrons. The minimum absolute atomic E-state index is 0.0535. The van der Waals surface area contributed by atoms with Gasteiger partial charge in [-0.05, 0) is 23.9 Å². The molecule has 13 nitrogen and oxygen atoms in total. The Bertz CT molecular complexity index is 1020. The lowest BCUT2D eigenvalue weighted by atomic mass is 10.2. The van der Waals surface area contributed by atoms with Gasteiger partial charge >= 0.3 is 0 Å². The van der Waals surface area contributed by atoms with Gasteiger partial charge < -0.3 is 4.42 Å². The van der Waals surface area contributed by atoms with Crippen molar-refractivity contribution in [3.8, 4) is 11.5 Å². The Morgan fingerprint density at radius 3 is 2.15 bits per heavy atom. The van der Waals surface area contributed by atoms with E-state index in [9.17, 15) is 30.3 Å². The first-order chi connectivity index (χ1) is 12.9. The predicted molar refractivity (Wildman–Crippen MR) is 88.1 cm³/mol. The Labute approximate surface area is 152 Å². The van der Waals surface area contributed by atoms with Gasteiger partial charge in [0.1, 0.15) is 0 Å². The fourth-order valence-electron chi connectivity index (χ4n) is 2.01. The Morgan fingerprint density at radius 2 is 1.63 bits per heavy atom. The first-order valence-corrected chi connectivity index (χ1v) is 7.71. The van der Waals surface area contributed by atoms with Crippen molar-refractivity contribution in [1.29, 1.82) is 0 Å². The molecule has 3 rings (SSSR count). The van der Waals surface area contributed by atoms with Crippen LogP contribution >= 0.6 is 11.8 Å². The molecule has 2 aromatic heterocycles. The number of nitro benzene ring substituents is 3. The van der Waals surface area contributed by atoms with Crippen LogP contribution < -0.4 is 0 Å². The summed E-state index contributed by atoms with van der Waals surface area (Å²) in [6, 6.07) is 4.52. The van der Waals surface area contributed by atoms with Gasteiger partial charge in [-0.3, -0.25) is 35.3 Å². The Balaban J connectivity index is 2.06. The van der Waals surface area contributed by atoms with Crippen LogP contribution in [0.5, 0.6) is 0 Å². The molecule has 1 aromatic carbocycles. The lowest BCUT2D eigenvalue weighted by Crippen LogP contribution is -1.99. The molecule has 0 atom stereocenters. The summed E-state index contributed by atoms with van der Waals surface area (Å²) in [6.07, 6.45) is 2.97. The Kier molecular flexibility index (Phi) is 4.71. The maximum atomic E-state index is 11.3. The van der Waals surface area contributed by atoms with Crippen molar-refractivity contribution in [2.45, 2.75) is 10.1 Å². The van der Waals surface area contributed by atoms with Crippen molar-refractivity contribution in [2.75, 3.05) is 0 Å². The fourth-order valence-corrected chi connectivity index (χ4v) is 2.86. The van der Waals surface area contributed by atoms with Crippen LogP contribution in [0.3, 0.4) is 0 Å². The number of hydrogen-bond donors (Lipinski definition) is 0. The number of nitro groups is 3. The van der Waals surface area contributed by atoms with E-state index in [4.69, 9.17) is 4.42 Å². The van der Waals surface area contributed by atoms with E-state index in [2.05, 4.69) is 15.2 Å². The van der Waals surface area contributed by atoms with E-state index < -0.39 is 36.7 Å². The largest absolute Gasteiger partial charge is 0.411 e. The highest BCUT2D eigenvalue weighted by atomic mass is 32.2. The molecule has 0 bridgehead atoms. The molecule has 3 aromatic rings. The summed E-state index contributed by atoms with van der Waals surface area (Å²) in [5.41, 5.74) is -1.94. The summed E-state index contributed by atoms with van der Waals surface area (Å²) in [6.45, 7) is 0. The number of benzene rings is 1. The molecule has 0 fully saturated rings. The third-order valence-electron chi connectivity index (χ3n) is 3.14. The lowest BCUT2D eigenvalue weighted by molar-refractivity contribution is -0.407. The number of non-ortho nitro benzene ring substituents is 1. The van der Waals surface area contributed by atoms with Crippen LogP contribution in [0.25, 0.3) is 11.5 Å². The minimum atomic E-state index is -0.958. The molecule has 27 heavy (non-hydrogen) atoms. The maximum absolute atomic E-state index is 11.3. The molecular formula is C13H6N6O7S. The topological polar surface area (TPSA) is 181 Å². The van der Waals surface area contributed by atoms with Gasteiger partial charge in [-0.2, -0.15) is 0 Å². The van der Waals surface area contributed by atoms with E-state index in [0.717, 1.165) is 0 Å². The number of nitrogens with zero attached hydrogens (tertiary/aromatic N) is 6.